The molecule has 1 aromatic rings. The second-order valence-corrected chi connectivity index (χ2v) is 4.84. The zero-order chi connectivity index (χ0) is 11.8. The minimum absolute atomic E-state index is 0.0215. The highest BCUT2D eigenvalue weighted by Gasteiger charge is 2.09. The topological polar surface area (TPSA) is 69.2 Å². The molecular weight excluding hydrogens is 248 g/mol. The Kier molecular flexibility index (Phi) is 6.02. The van der Waals surface area contributed by atoms with Crippen molar-refractivity contribution in [1.29, 1.82) is 0 Å². The van der Waals surface area contributed by atoms with Crippen molar-refractivity contribution in [3.63, 3.8) is 0 Å². The third-order valence-corrected chi connectivity index (χ3v) is 3.47. The maximum absolute atomic E-state index is 11.4. The van der Waals surface area contributed by atoms with Crippen molar-refractivity contribution < 1.29 is 14.3 Å². The van der Waals surface area contributed by atoms with E-state index < -0.39 is 0 Å². The molecule has 0 aromatic carbocycles. The van der Waals surface area contributed by atoms with Gasteiger partial charge in [-0.05, 0) is 18.5 Å². The van der Waals surface area contributed by atoms with Crippen molar-refractivity contribution >= 4 is 35.0 Å². The second kappa shape index (κ2) is 7.34. The molecular formula is C9H12N2O3S2. The van der Waals surface area contributed by atoms with Crippen LogP contribution >= 0.6 is 23.3 Å². The molecule has 0 amide bonds. The van der Waals surface area contributed by atoms with Gasteiger partial charge >= 0.3 is 5.97 Å². The molecule has 0 unspecified atom stereocenters. The molecule has 0 spiro atoms. The highest BCUT2D eigenvalue weighted by molar-refractivity contribution is 8.01. The van der Waals surface area contributed by atoms with Gasteiger partial charge in [0.25, 0.3) is 0 Å². The summed E-state index contributed by atoms with van der Waals surface area (Å²) < 4.78 is 9.32. The van der Waals surface area contributed by atoms with Crippen LogP contribution in [0.25, 0.3) is 0 Å². The fourth-order valence-corrected chi connectivity index (χ4v) is 2.26. The number of Topliss-reactive ketones (excluding diaryl/α,β-unsaturated/α-hetero) is 1. The van der Waals surface area contributed by atoms with Crippen molar-refractivity contribution in [2.45, 2.75) is 24.1 Å². The van der Waals surface area contributed by atoms with Crippen LogP contribution in [0.2, 0.25) is 0 Å². The zero-order valence-electron chi connectivity index (χ0n) is 8.84. The molecule has 0 aliphatic heterocycles. The highest BCUT2D eigenvalue weighted by Crippen LogP contribution is 2.18. The first-order chi connectivity index (χ1) is 7.72. The lowest BCUT2D eigenvalue weighted by molar-refractivity contribution is -0.144. The highest BCUT2D eigenvalue weighted by atomic mass is 32.2. The van der Waals surface area contributed by atoms with Gasteiger partial charge in [-0.25, -0.2) is 4.98 Å². The molecule has 1 aromatic heterocycles. The van der Waals surface area contributed by atoms with Crippen LogP contribution in [-0.4, -0.2) is 33.5 Å². The number of thioether (sulfide) groups is 1. The van der Waals surface area contributed by atoms with E-state index in [4.69, 9.17) is 4.74 Å². The first-order valence-corrected chi connectivity index (χ1v) is 6.55. The molecule has 0 saturated heterocycles. The number of hydrogen-bond donors (Lipinski definition) is 0. The summed E-state index contributed by atoms with van der Waals surface area (Å²) in [6, 6.07) is 0. The van der Waals surface area contributed by atoms with Crippen molar-refractivity contribution in [3.8, 4) is 0 Å². The van der Waals surface area contributed by atoms with Crippen LogP contribution in [0, 0.1) is 0 Å². The van der Waals surface area contributed by atoms with E-state index in [1.165, 1.54) is 29.6 Å². The van der Waals surface area contributed by atoms with Crippen LogP contribution in [0.15, 0.2) is 10.7 Å². The fourth-order valence-electron chi connectivity index (χ4n) is 0.916. The molecule has 1 heterocycles. The predicted octanol–water partition coefficient (Wildman–Crippen LogP) is 1.54. The molecule has 0 aliphatic rings. The smallest absolute Gasteiger partial charge is 0.306 e. The molecule has 16 heavy (non-hydrogen) atoms. The minimum Gasteiger partial charge on any atom is -0.466 e. The predicted molar refractivity (Wildman–Crippen MR) is 61.5 cm³/mol. The van der Waals surface area contributed by atoms with Crippen molar-refractivity contribution in [3.05, 3.63) is 6.33 Å². The standard InChI is InChI=1S/C9H12N2O3S2/c1-2-14-8(13)4-3-7(12)5-15-9-10-6-11-16-9/h6H,2-5H2,1H3. The van der Waals surface area contributed by atoms with Crippen LogP contribution in [0.4, 0.5) is 0 Å². The van der Waals surface area contributed by atoms with Crippen LogP contribution in [0.3, 0.4) is 0 Å². The summed E-state index contributed by atoms with van der Waals surface area (Å²) in [6.45, 7) is 2.09. The van der Waals surface area contributed by atoms with Crippen LogP contribution in [0.1, 0.15) is 19.8 Å². The average Bonchev–Trinajstić information content (AvgIpc) is 2.77. The van der Waals surface area contributed by atoms with Crippen LogP contribution < -0.4 is 0 Å². The normalized spacial score (nSPS) is 10.1. The first kappa shape index (κ1) is 13.1. The molecule has 0 bridgehead atoms. The summed E-state index contributed by atoms with van der Waals surface area (Å²) in [4.78, 5) is 26.3. The van der Waals surface area contributed by atoms with Crippen molar-refractivity contribution in [2.24, 2.45) is 0 Å². The summed E-state index contributed by atoms with van der Waals surface area (Å²) in [5.74, 6) is 0.0271. The summed E-state index contributed by atoms with van der Waals surface area (Å²) in [5.41, 5.74) is 0. The molecule has 88 valence electrons. The van der Waals surface area contributed by atoms with E-state index in [1.807, 2.05) is 0 Å². The number of esters is 1. The van der Waals surface area contributed by atoms with Gasteiger partial charge in [0.15, 0.2) is 4.34 Å². The molecule has 7 heteroatoms. The Morgan fingerprint density at radius 2 is 2.31 bits per heavy atom. The minimum atomic E-state index is -0.322. The Labute approximate surface area is 102 Å². The van der Waals surface area contributed by atoms with Gasteiger partial charge in [-0.2, -0.15) is 4.37 Å². The number of carbonyl (C=O) groups is 2. The van der Waals surface area contributed by atoms with Gasteiger partial charge in [0.1, 0.15) is 12.1 Å². The number of nitrogens with zero attached hydrogens (tertiary/aromatic N) is 2. The number of hydrogen-bond acceptors (Lipinski definition) is 7. The molecule has 0 saturated carbocycles. The maximum atomic E-state index is 11.4. The van der Waals surface area contributed by atoms with E-state index in [1.54, 1.807) is 6.92 Å². The number of rotatable bonds is 7. The Morgan fingerprint density at radius 1 is 1.50 bits per heavy atom. The maximum Gasteiger partial charge on any atom is 0.306 e. The van der Waals surface area contributed by atoms with Gasteiger partial charge in [0, 0.05) is 6.42 Å². The molecule has 0 fully saturated rings. The molecule has 5 nitrogen and oxygen atoms in total. The van der Waals surface area contributed by atoms with E-state index in [-0.39, 0.29) is 24.6 Å². The largest absolute Gasteiger partial charge is 0.466 e. The second-order valence-electron chi connectivity index (χ2n) is 2.84. The lowest BCUT2D eigenvalue weighted by Gasteiger charge is -2.00. The zero-order valence-corrected chi connectivity index (χ0v) is 10.5. The molecule has 0 atom stereocenters. The fraction of sp³-hybridized carbons (Fsp3) is 0.556. The Balaban J connectivity index is 2.14. The van der Waals surface area contributed by atoms with E-state index in [2.05, 4.69) is 9.36 Å². The third-order valence-electron chi connectivity index (χ3n) is 1.61. The SMILES string of the molecule is CCOC(=O)CCC(=O)CSc1ncns1. The van der Waals surface area contributed by atoms with E-state index in [0.717, 1.165) is 4.34 Å². The molecule has 0 N–H and O–H groups in total. The lowest BCUT2D eigenvalue weighted by Crippen LogP contribution is -2.08. The number of ketones is 1. The average molecular weight is 260 g/mol. The Morgan fingerprint density at radius 3 is 2.94 bits per heavy atom. The van der Waals surface area contributed by atoms with Gasteiger partial charge in [-0.1, -0.05) is 11.8 Å². The summed E-state index contributed by atoms with van der Waals surface area (Å²) in [6.07, 6.45) is 1.84. The number of carbonyl (C=O) groups excluding carboxylic acids is 2. The van der Waals surface area contributed by atoms with Crippen molar-refractivity contribution in [2.75, 3.05) is 12.4 Å². The summed E-state index contributed by atoms with van der Waals surface area (Å²) in [7, 11) is 0. The lowest BCUT2D eigenvalue weighted by atomic mass is 10.2. The van der Waals surface area contributed by atoms with Crippen LogP contribution in [-0.2, 0) is 14.3 Å². The third kappa shape index (κ3) is 5.22. The van der Waals surface area contributed by atoms with Gasteiger partial charge < -0.3 is 4.74 Å². The van der Waals surface area contributed by atoms with E-state index in [0.29, 0.717) is 12.4 Å². The van der Waals surface area contributed by atoms with Gasteiger partial charge in [-0.3, -0.25) is 9.59 Å². The summed E-state index contributed by atoms with van der Waals surface area (Å²) >= 11 is 2.60. The first-order valence-electron chi connectivity index (χ1n) is 4.79. The van der Waals surface area contributed by atoms with Gasteiger partial charge in [0.2, 0.25) is 0 Å². The van der Waals surface area contributed by atoms with E-state index >= 15 is 0 Å². The number of aromatic nitrogens is 2. The van der Waals surface area contributed by atoms with Gasteiger partial charge in [0.05, 0.1) is 18.8 Å². The summed E-state index contributed by atoms with van der Waals surface area (Å²) in [5, 5.41) is 0. The van der Waals surface area contributed by atoms with Gasteiger partial charge in [-0.15, -0.1) is 0 Å². The molecule has 1 rings (SSSR count). The monoisotopic (exact) mass is 260 g/mol. The molecule has 0 aliphatic carbocycles. The Hall–Kier alpha value is -0.950. The van der Waals surface area contributed by atoms with Crippen molar-refractivity contribution in [1.82, 2.24) is 9.36 Å². The molecule has 0 radical (unpaired) electrons. The van der Waals surface area contributed by atoms with E-state index in [9.17, 15) is 9.59 Å². The van der Waals surface area contributed by atoms with Crippen LogP contribution in [0.5, 0.6) is 0 Å². The Bertz CT molecular complexity index is 341. The quantitative estimate of drug-likeness (QED) is 0.547. The number of ether oxygens (including phenoxy) is 1.